The summed E-state index contributed by atoms with van der Waals surface area (Å²) in [6.07, 6.45) is 1.75. The number of ketones is 1. The number of hydrogen-bond donors (Lipinski definition) is 0. The lowest BCUT2D eigenvalue weighted by Crippen LogP contribution is -2.12. The third-order valence-electron chi connectivity index (χ3n) is 2.28. The van der Waals surface area contributed by atoms with E-state index < -0.39 is 0 Å². The second-order valence-corrected chi connectivity index (χ2v) is 5.48. The van der Waals surface area contributed by atoms with Crippen LogP contribution in [0.3, 0.4) is 0 Å². The van der Waals surface area contributed by atoms with E-state index in [2.05, 4.69) is 0 Å². The number of hydrogen-bond acceptors (Lipinski definition) is 3. The largest absolute Gasteiger partial charge is 0.288 e. The van der Waals surface area contributed by atoms with Crippen LogP contribution < -0.4 is 0 Å². The van der Waals surface area contributed by atoms with Crippen LogP contribution >= 0.6 is 11.8 Å². The molecular weight excluding hydrogens is 244 g/mol. The van der Waals surface area contributed by atoms with Crippen molar-refractivity contribution in [3.05, 3.63) is 47.5 Å². The lowest BCUT2D eigenvalue weighted by molar-refractivity contribution is -0.107. The van der Waals surface area contributed by atoms with Crippen molar-refractivity contribution < 1.29 is 9.59 Å². The van der Waals surface area contributed by atoms with Crippen molar-refractivity contribution in [2.24, 2.45) is 5.92 Å². The van der Waals surface area contributed by atoms with Crippen molar-refractivity contribution in [1.82, 2.24) is 0 Å². The first-order chi connectivity index (χ1) is 8.56. The zero-order valence-electron chi connectivity index (χ0n) is 11.0. The Kier molecular flexibility index (Phi) is 5.86. The van der Waals surface area contributed by atoms with Crippen LogP contribution in [0.15, 0.2) is 42.0 Å². The SMILES string of the molecule is CCSC(=O)/C(=C/C(C)C)C(=O)c1ccccc1. The molecule has 0 fully saturated rings. The Balaban J connectivity index is 3.05. The van der Waals surface area contributed by atoms with Crippen molar-refractivity contribution in [3.8, 4) is 0 Å². The summed E-state index contributed by atoms with van der Waals surface area (Å²) in [5.41, 5.74) is 0.859. The highest BCUT2D eigenvalue weighted by atomic mass is 32.2. The van der Waals surface area contributed by atoms with Gasteiger partial charge in [-0.1, -0.05) is 68.9 Å². The average molecular weight is 262 g/mol. The Hall–Kier alpha value is -1.35. The maximum atomic E-state index is 12.3. The molecule has 1 aromatic rings. The van der Waals surface area contributed by atoms with Crippen LogP contribution in [-0.2, 0) is 4.79 Å². The Morgan fingerprint density at radius 3 is 2.33 bits per heavy atom. The molecule has 0 heterocycles. The van der Waals surface area contributed by atoms with Crippen LogP contribution in [0.25, 0.3) is 0 Å². The van der Waals surface area contributed by atoms with Crippen molar-refractivity contribution in [2.45, 2.75) is 20.8 Å². The van der Waals surface area contributed by atoms with E-state index in [1.54, 1.807) is 30.3 Å². The number of benzene rings is 1. The maximum Gasteiger partial charge on any atom is 0.222 e. The molecule has 0 aliphatic carbocycles. The fraction of sp³-hybridized carbons (Fsp3) is 0.333. The van der Waals surface area contributed by atoms with Gasteiger partial charge in [-0.25, -0.2) is 0 Å². The molecule has 2 nitrogen and oxygen atoms in total. The van der Waals surface area contributed by atoms with Crippen LogP contribution in [-0.4, -0.2) is 16.7 Å². The van der Waals surface area contributed by atoms with Gasteiger partial charge in [-0.3, -0.25) is 9.59 Å². The summed E-state index contributed by atoms with van der Waals surface area (Å²) in [6, 6.07) is 8.93. The summed E-state index contributed by atoms with van der Waals surface area (Å²) in [7, 11) is 0. The van der Waals surface area contributed by atoms with Crippen LogP contribution in [0.5, 0.6) is 0 Å². The van der Waals surface area contributed by atoms with Crippen LogP contribution in [0, 0.1) is 5.92 Å². The highest BCUT2D eigenvalue weighted by molar-refractivity contribution is 8.14. The summed E-state index contributed by atoms with van der Waals surface area (Å²) < 4.78 is 0. The molecule has 0 bridgehead atoms. The van der Waals surface area contributed by atoms with E-state index in [-0.39, 0.29) is 16.8 Å². The number of carbonyl (C=O) groups is 2. The van der Waals surface area contributed by atoms with Crippen LogP contribution in [0.1, 0.15) is 31.1 Å². The van der Waals surface area contributed by atoms with E-state index in [1.165, 1.54) is 11.8 Å². The Bertz CT molecular complexity index is 447. The number of carbonyl (C=O) groups excluding carboxylic acids is 2. The van der Waals surface area contributed by atoms with E-state index in [4.69, 9.17) is 0 Å². The summed E-state index contributed by atoms with van der Waals surface area (Å²) in [5, 5.41) is -0.139. The molecule has 0 aromatic heterocycles. The average Bonchev–Trinajstić information content (AvgIpc) is 2.36. The van der Waals surface area contributed by atoms with E-state index in [0.29, 0.717) is 16.9 Å². The summed E-state index contributed by atoms with van der Waals surface area (Å²) in [5.74, 6) is 0.667. The summed E-state index contributed by atoms with van der Waals surface area (Å²) >= 11 is 1.18. The molecule has 18 heavy (non-hydrogen) atoms. The molecule has 0 N–H and O–H groups in total. The zero-order chi connectivity index (χ0) is 13.5. The van der Waals surface area contributed by atoms with Crippen molar-refractivity contribution >= 4 is 22.7 Å². The van der Waals surface area contributed by atoms with Gasteiger partial charge in [0.25, 0.3) is 0 Å². The molecule has 96 valence electrons. The lowest BCUT2D eigenvalue weighted by atomic mass is 10.0. The lowest BCUT2D eigenvalue weighted by Gasteiger charge is -2.06. The minimum atomic E-state index is -0.185. The van der Waals surface area contributed by atoms with Gasteiger partial charge in [-0.05, 0) is 11.7 Å². The van der Waals surface area contributed by atoms with Gasteiger partial charge < -0.3 is 0 Å². The molecule has 0 aliphatic heterocycles. The van der Waals surface area contributed by atoms with Crippen molar-refractivity contribution in [3.63, 3.8) is 0 Å². The van der Waals surface area contributed by atoms with Crippen molar-refractivity contribution in [2.75, 3.05) is 5.75 Å². The Morgan fingerprint density at radius 2 is 1.83 bits per heavy atom. The smallest absolute Gasteiger partial charge is 0.222 e. The third-order valence-corrected chi connectivity index (χ3v) is 3.05. The highest BCUT2D eigenvalue weighted by Crippen LogP contribution is 2.18. The monoisotopic (exact) mass is 262 g/mol. The van der Waals surface area contributed by atoms with Gasteiger partial charge in [0.2, 0.25) is 5.12 Å². The normalized spacial score (nSPS) is 11.7. The van der Waals surface area contributed by atoms with Gasteiger partial charge in [0, 0.05) is 5.56 Å². The van der Waals surface area contributed by atoms with E-state index >= 15 is 0 Å². The molecule has 0 radical (unpaired) electrons. The molecule has 0 saturated heterocycles. The van der Waals surface area contributed by atoms with Crippen molar-refractivity contribution in [1.29, 1.82) is 0 Å². The van der Waals surface area contributed by atoms with Gasteiger partial charge in [0.05, 0.1) is 5.57 Å². The molecule has 1 aromatic carbocycles. The van der Waals surface area contributed by atoms with E-state index in [1.807, 2.05) is 26.8 Å². The molecule has 0 atom stereocenters. The first-order valence-electron chi connectivity index (χ1n) is 6.05. The fourth-order valence-corrected chi connectivity index (χ4v) is 2.10. The number of rotatable bonds is 5. The Morgan fingerprint density at radius 1 is 1.22 bits per heavy atom. The van der Waals surface area contributed by atoms with Gasteiger partial charge in [0.15, 0.2) is 5.78 Å². The summed E-state index contributed by atoms with van der Waals surface area (Å²) in [6.45, 7) is 5.83. The molecule has 0 saturated carbocycles. The Labute approximate surface area is 112 Å². The highest BCUT2D eigenvalue weighted by Gasteiger charge is 2.19. The summed E-state index contributed by atoms with van der Waals surface area (Å²) in [4.78, 5) is 24.3. The van der Waals surface area contributed by atoms with Gasteiger partial charge in [-0.2, -0.15) is 0 Å². The predicted molar refractivity (Wildman–Crippen MR) is 76.8 cm³/mol. The van der Waals surface area contributed by atoms with Crippen LogP contribution in [0.4, 0.5) is 0 Å². The molecule has 1 rings (SSSR count). The first kappa shape index (κ1) is 14.7. The quantitative estimate of drug-likeness (QED) is 0.351. The van der Waals surface area contributed by atoms with Gasteiger partial charge in [0.1, 0.15) is 0 Å². The van der Waals surface area contributed by atoms with Gasteiger partial charge in [-0.15, -0.1) is 0 Å². The molecule has 3 heteroatoms. The van der Waals surface area contributed by atoms with E-state index in [0.717, 1.165) is 0 Å². The van der Waals surface area contributed by atoms with Crippen LogP contribution in [0.2, 0.25) is 0 Å². The standard InChI is InChI=1S/C15H18O2S/c1-4-18-15(17)13(10-11(2)3)14(16)12-8-6-5-7-9-12/h5-11H,4H2,1-3H3/b13-10+. The zero-order valence-corrected chi connectivity index (χ0v) is 11.8. The van der Waals surface area contributed by atoms with Gasteiger partial charge >= 0.3 is 0 Å². The molecule has 0 spiro atoms. The minimum Gasteiger partial charge on any atom is -0.288 e. The number of allylic oxidation sites excluding steroid dienone is 1. The fourth-order valence-electron chi connectivity index (χ4n) is 1.52. The topological polar surface area (TPSA) is 34.1 Å². The molecule has 0 unspecified atom stereocenters. The second kappa shape index (κ2) is 7.17. The second-order valence-electron chi connectivity index (χ2n) is 4.24. The minimum absolute atomic E-state index is 0.139. The molecule has 0 amide bonds. The maximum absolute atomic E-state index is 12.3. The van der Waals surface area contributed by atoms with E-state index in [9.17, 15) is 9.59 Å². The molecule has 0 aliphatic rings. The number of Topliss-reactive ketones (excluding diaryl/α,β-unsaturated/α-hetero) is 1. The molecular formula is C15H18O2S. The predicted octanol–water partition coefficient (Wildman–Crippen LogP) is 3.73. The first-order valence-corrected chi connectivity index (χ1v) is 7.03. The number of thioether (sulfide) groups is 1. The third kappa shape index (κ3) is 4.15.